The van der Waals surface area contributed by atoms with Crippen molar-refractivity contribution in [1.82, 2.24) is 0 Å². The minimum absolute atomic E-state index is 0.145. The number of fused-ring (bicyclic) bond motifs is 1. The number of hydrogen-bond acceptors (Lipinski definition) is 3. The van der Waals surface area contributed by atoms with Gasteiger partial charge in [0.05, 0.1) is 12.1 Å². The lowest BCUT2D eigenvalue weighted by atomic mass is 10.1. The molecule has 2 unspecified atom stereocenters. The molecule has 0 radical (unpaired) electrons. The van der Waals surface area contributed by atoms with Crippen molar-refractivity contribution < 1.29 is 0 Å². The van der Waals surface area contributed by atoms with E-state index in [1.54, 1.807) is 11.8 Å². The highest BCUT2D eigenvalue weighted by Gasteiger charge is 2.68. The monoisotopic (exact) mass is 252 g/mol. The Kier molecular flexibility index (Phi) is 2.65. The number of thioether (sulfide) groups is 1. The quantitative estimate of drug-likeness (QED) is 0.805. The summed E-state index contributed by atoms with van der Waals surface area (Å²) in [4.78, 5) is 2.39. The lowest BCUT2D eigenvalue weighted by molar-refractivity contribution is 0.643. The molecule has 3 heteroatoms. The zero-order valence-corrected chi connectivity index (χ0v) is 10.7. The van der Waals surface area contributed by atoms with E-state index in [1.807, 2.05) is 18.2 Å². The van der Waals surface area contributed by atoms with Crippen LogP contribution in [-0.2, 0) is 0 Å². The van der Waals surface area contributed by atoms with E-state index < -0.39 is 5.41 Å². The van der Waals surface area contributed by atoms with E-state index >= 15 is 0 Å². The van der Waals surface area contributed by atoms with E-state index in [1.165, 1.54) is 9.80 Å². The Hall–Kier alpha value is -1.71. The topological polar surface area (TPSA) is 47.6 Å². The van der Waals surface area contributed by atoms with Crippen molar-refractivity contribution in [2.24, 2.45) is 17.3 Å². The molecule has 2 aliphatic rings. The van der Waals surface area contributed by atoms with Gasteiger partial charge in [-0.2, -0.15) is 10.5 Å². The summed E-state index contributed by atoms with van der Waals surface area (Å²) >= 11 is 1.71. The fourth-order valence-electron chi connectivity index (χ4n) is 2.87. The van der Waals surface area contributed by atoms with Crippen LogP contribution in [0.1, 0.15) is 12.8 Å². The average Bonchev–Trinajstić information content (AvgIpc) is 3.10. The molecular formula is C15H12N2S. The Morgan fingerprint density at radius 2 is 1.89 bits per heavy atom. The van der Waals surface area contributed by atoms with Crippen LogP contribution < -0.4 is 0 Å². The summed E-state index contributed by atoms with van der Waals surface area (Å²) in [6, 6.07) is 14.6. The number of allylic oxidation sites excluding steroid dienone is 2. The largest absolute Gasteiger partial charge is 0.197 e. The highest BCUT2D eigenvalue weighted by molar-refractivity contribution is 8.03. The molecule has 1 fully saturated rings. The van der Waals surface area contributed by atoms with Crippen LogP contribution in [0.25, 0.3) is 0 Å². The third-order valence-corrected chi connectivity index (χ3v) is 5.01. The first kappa shape index (κ1) is 11.4. The van der Waals surface area contributed by atoms with Crippen LogP contribution in [0.2, 0.25) is 0 Å². The van der Waals surface area contributed by atoms with E-state index in [0.29, 0.717) is 0 Å². The molecule has 2 nitrogen and oxygen atoms in total. The number of nitrogens with zero attached hydrogens (tertiary/aromatic N) is 2. The van der Waals surface area contributed by atoms with Crippen molar-refractivity contribution in [1.29, 1.82) is 10.5 Å². The molecule has 3 rings (SSSR count). The average molecular weight is 252 g/mol. The second kappa shape index (κ2) is 4.19. The molecule has 2 aliphatic carbocycles. The van der Waals surface area contributed by atoms with Crippen molar-refractivity contribution in [3.8, 4) is 12.1 Å². The van der Waals surface area contributed by atoms with Crippen LogP contribution in [-0.4, -0.2) is 0 Å². The Bertz CT molecular complexity index is 563. The van der Waals surface area contributed by atoms with E-state index in [-0.39, 0.29) is 11.8 Å². The van der Waals surface area contributed by atoms with Crippen LogP contribution in [0.3, 0.4) is 0 Å². The number of nitriles is 2. The maximum Gasteiger partial charge on any atom is 0.154 e. The predicted molar refractivity (Wildman–Crippen MR) is 70.3 cm³/mol. The van der Waals surface area contributed by atoms with Crippen molar-refractivity contribution in [3.05, 3.63) is 41.3 Å². The lowest BCUT2D eigenvalue weighted by Crippen LogP contribution is -1.97. The maximum absolute atomic E-state index is 9.26. The first-order chi connectivity index (χ1) is 8.81. The highest BCUT2D eigenvalue weighted by atomic mass is 32.2. The Morgan fingerprint density at radius 3 is 2.56 bits per heavy atom. The molecule has 18 heavy (non-hydrogen) atoms. The Morgan fingerprint density at radius 1 is 1.17 bits per heavy atom. The molecule has 88 valence electrons. The second-order valence-corrected chi connectivity index (χ2v) is 5.92. The molecule has 0 heterocycles. The van der Waals surface area contributed by atoms with Crippen LogP contribution in [0.15, 0.2) is 46.2 Å². The Balaban J connectivity index is 1.85. The van der Waals surface area contributed by atoms with Gasteiger partial charge in [-0.05, 0) is 29.9 Å². The zero-order valence-electron chi connectivity index (χ0n) is 9.84. The molecule has 0 spiro atoms. The summed E-state index contributed by atoms with van der Waals surface area (Å²) in [6.07, 6.45) is 4.17. The van der Waals surface area contributed by atoms with Gasteiger partial charge < -0.3 is 0 Å². The lowest BCUT2D eigenvalue weighted by Gasteiger charge is -2.10. The summed E-state index contributed by atoms with van der Waals surface area (Å²) in [5, 5.41) is 18.5. The minimum atomic E-state index is -0.746. The number of benzene rings is 1. The van der Waals surface area contributed by atoms with Crippen molar-refractivity contribution in [3.63, 3.8) is 0 Å². The number of hydrogen-bond donors (Lipinski definition) is 0. The normalized spacial score (nSPS) is 27.3. The highest BCUT2D eigenvalue weighted by Crippen LogP contribution is 2.67. The summed E-state index contributed by atoms with van der Waals surface area (Å²) in [6.45, 7) is 0. The third-order valence-electron chi connectivity index (χ3n) is 3.85. The van der Waals surface area contributed by atoms with Gasteiger partial charge in [-0.15, -0.1) is 0 Å². The van der Waals surface area contributed by atoms with E-state index in [9.17, 15) is 10.5 Å². The molecule has 1 saturated carbocycles. The maximum atomic E-state index is 9.26. The zero-order chi connectivity index (χ0) is 12.6. The molecule has 1 aromatic carbocycles. The van der Waals surface area contributed by atoms with Crippen molar-refractivity contribution in [2.45, 2.75) is 17.7 Å². The van der Waals surface area contributed by atoms with Gasteiger partial charge in [-0.25, -0.2) is 0 Å². The second-order valence-electron chi connectivity index (χ2n) is 4.78. The summed E-state index contributed by atoms with van der Waals surface area (Å²) in [7, 11) is 0. The first-order valence-electron chi connectivity index (χ1n) is 6.07. The standard InChI is InChI=1S/C15H12N2S/c16-9-15(10-17)12-7-4-8-13(14(12)15)18-11-5-2-1-3-6-11/h1-3,5-6,8,12,14H,4,7H2. The molecule has 0 N–H and O–H groups in total. The molecular weight excluding hydrogens is 240 g/mol. The van der Waals surface area contributed by atoms with Crippen LogP contribution in [0, 0.1) is 39.9 Å². The predicted octanol–water partition coefficient (Wildman–Crippen LogP) is 3.74. The molecule has 0 aliphatic heterocycles. The van der Waals surface area contributed by atoms with Gasteiger partial charge in [-0.1, -0.05) is 36.0 Å². The van der Waals surface area contributed by atoms with Gasteiger partial charge in [0.1, 0.15) is 0 Å². The fourth-order valence-corrected chi connectivity index (χ4v) is 4.11. The molecule has 0 saturated heterocycles. The van der Waals surface area contributed by atoms with Gasteiger partial charge in [-0.3, -0.25) is 0 Å². The number of rotatable bonds is 2. The summed E-state index contributed by atoms with van der Waals surface area (Å²) in [5.41, 5.74) is -0.746. The van der Waals surface area contributed by atoms with Gasteiger partial charge in [0, 0.05) is 16.7 Å². The molecule has 0 amide bonds. The van der Waals surface area contributed by atoms with E-state index in [2.05, 4.69) is 30.3 Å². The van der Waals surface area contributed by atoms with Gasteiger partial charge in [0.2, 0.25) is 0 Å². The summed E-state index contributed by atoms with van der Waals surface area (Å²) < 4.78 is 0. The van der Waals surface area contributed by atoms with Crippen LogP contribution in [0.5, 0.6) is 0 Å². The van der Waals surface area contributed by atoms with E-state index in [4.69, 9.17) is 0 Å². The smallest absolute Gasteiger partial charge is 0.154 e. The third kappa shape index (κ3) is 1.55. The van der Waals surface area contributed by atoms with Gasteiger partial charge in [0.25, 0.3) is 0 Å². The summed E-state index contributed by atoms with van der Waals surface area (Å²) in [5.74, 6) is 0.398. The van der Waals surface area contributed by atoms with Crippen molar-refractivity contribution in [2.75, 3.05) is 0 Å². The van der Waals surface area contributed by atoms with Gasteiger partial charge >= 0.3 is 0 Å². The fraction of sp³-hybridized carbons (Fsp3) is 0.333. The molecule has 0 bridgehead atoms. The SMILES string of the molecule is N#CC1(C#N)C2CCC=C(Sc3ccccc3)C21. The van der Waals surface area contributed by atoms with E-state index in [0.717, 1.165) is 12.8 Å². The molecule has 2 atom stereocenters. The van der Waals surface area contributed by atoms with Crippen LogP contribution >= 0.6 is 11.8 Å². The first-order valence-corrected chi connectivity index (χ1v) is 6.89. The van der Waals surface area contributed by atoms with Gasteiger partial charge in [0.15, 0.2) is 5.41 Å². The van der Waals surface area contributed by atoms with Crippen molar-refractivity contribution >= 4 is 11.8 Å². The molecule has 0 aromatic heterocycles. The molecule has 1 aromatic rings. The minimum Gasteiger partial charge on any atom is -0.197 e. The Labute approximate surface area is 111 Å². The van der Waals surface area contributed by atoms with Crippen LogP contribution in [0.4, 0.5) is 0 Å².